The number of aliphatic carboxylic acids is 1. The van der Waals surface area contributed by atoms with Crippen molar-refractivity contribution in [1.82, 2.24) is 4.90 Å². The number of thiophene rings is 1. The Balaban J connectivity index is 2.98. The first-order valence-corrected chi connectivity index (χ1v) is 6.80. The van der Waals surface area contributed by atoms with Crippen LogP contribution in [0.5, 0.6) is 5.75 Å². The molecule has 0 aromatic carbocycles. The molecule has 19 heavy (non-hydrogen) atoms. The molecule has 0 spiro atoms. The van der Waals surface area contributed by atoms with Gasteiger partial charge in [-0.25, -0.2) is 0 Å². The van der Waals surface area contributed by atoms with E-state index in [0.29, 0.717) is 10.6 Å². The molecule has 0 saturated carbocycles. The Kier molecular flexibility index (Phi) is 4.94. The number of carboxylic acids is 1. The zero-order valence-electron chi connectivity index (χ0n) is 11.6. The highest BCUT2D eigenvalue weighted by Crippen LogP contribution is 2.28. The number of amides is 1. The molecule has 0 atom stereocenters. The third-order valence-electron chi connectivity index (χ3n) is 2.65. The van der Waals surface area contributed by atoms with Crippen LogP contribution < -0.4 is 4.74 Å². The third kappa shape index (κ3) is 3.96. The van der Waals surface area contributed by atoms with Gasteiger partial charge in [-0.05, 0) is 32.2 Å². The summed E-state index contributed by atoms with van der Waals surface area (Å²) >= 11 is 1.30. The van der Waals surface area contributed by atoms with E-state index in [1.165, 1.54) is 18.4 Å². The quantitative estimate of drug-likeness (QED) is 0.902. The summed E-state index contributed by atoms with van der Waals surface area (Å²) in [6.45, 7) is 5.82. The molecule has 0 bridgehead atoms. The number of methoxy groups -OCH3 is 1. The van der Waals surface area contributed by atoms with Crippen LogP contribution in [0.1, 0.15) is 36.9 Å². The molecule has 0 aliphatic heterocycles. The molecule has 1 rings (SSSR count). The molecular weight excluding hydrogens is 266 g/mol. The summed E-state index contributed by atoms with van der Waals surface area (Å²) in [5.41, 5.74) is -0.443. The first-order valence-electron chi connectivity index (χ1n) is 5.92. The van der Waals surface area contributed by atoms with E-state index in [4.69, 9.17) is 9.84 Å². The Morgan fingerprint density at radius 1 is 1.42 bits per heavy atom. The van der Waals surface area contributed by atoms with Gasteiger partial charge < -0.3 is 14.7 Å². The van der Waals surface area contributed by atoms with Crippen LogP contribution in [0.25, 0.3) is 0 Å². The molecule has 0 radical (unpaired) electrons. The van der Waals surface area contributed by atoms with Gasteiger partial charge in [-0.15, -0.1) is 11.3 Å². The van der Waals surface area contributed by atoms with Gasteiger partial charge in [0.1, 0.15) is 10.6 Å². The van der Waals surface area contributed by atoms with Crippen molar-refractivity contribution < 1.29 is 19.4 Å². The molecule has 0 fully saturated rings. The maximum Gasteiger partial charge on any atom is 0.305 e. The zero-order chi connectivity index (χ0) is 14.6. The fourth-order valence-electron chi connectivity index (χ4n) is 1.69. The zero-order valence-corrected chi connectivity index (χ0v) is 12.4. The van der Waals surface area contributed by atoms with Crippen LogP contribution >= 0.6 is 11.3 Å². The molecule has 1 aromatic heterocycles. The number of carbonyl (C=O) groups is 2. The summed E-state index contributed by atoms with van der Waals surface area (Å²) in [6.07, 6.45) is -0.0727. The summed E-state index contributed by atoms with van der Waals surface area (Å²) in [5.74, 6) is -0.583. The Morgan fingerprint density at radius 3 is 2.53 bits per heavy atom. The van der Waals surface area contributed by atoms with Gasteiger partial charge in [0, 0.05) is 12.1 Å². The van der Waals surface area contributed by atoms with E-state index in [0.717, 1.165) is 0 Å². The van der Waals surface area contributed by atoms with Crippen LogP contribution in [0.2, 0.25) is 0 Å². The highest BCUT2D eigenvalue weighted by molar-refractivity contribution is 7.12. The molecule has 0 aliphatic rings. The molecule has 1 amide bonds. The molecule has 1 N–H and O–H groups in total. The minimum absolute atomic E-state index is 0.0727. The standard InChI is InChI=1S/C13H19NO4S/c1-13(2,3)14(7-5-10(15)16)12(17)11-9(18-4)6-8-19-11/h6,8H,5,7H2,1-4H3,(H,15,16). The lowest BCUT2D eigenvalue weighted by molar-refractivity contribution is -0.137. The lowest BCUT2D eigenvalue weighted by atomic mass is 10.1. The summed E-state index contributed by atoms with van der Waals surface area (Å²) in [7, 11) is 1.51. The van der Waals surface area contributed by atoms with Crippen molar-refractivity contribution in [3.63, 3.8) is 0 Å². The summed E-state index contributed by atoms with van der Waals surface area (Å²) in [5, 5.41) is 10.6. The third-order valence-corrected chi connectivity index (χ3v) is 3.53. The van der Waals surface area contributed by atoms with E-state index in [2.05, 4.69) is 0 Å². The van der Waals surface area contributed by atoms with Crippen LogP contribution in [0, 0.1) is 0 Å². The Morgan fingerprint density at radius 2 is 2.05 bits per heavy atom. The normalized spacial score (nSPS) is 11.2. The van der Waals surface area contributed by atoms with Crippen LogP contribution in [0.15, 0.2) is 11.4 Å². The molecule has 0 aliphatic carbocycles. The molecule has 6 heteroatoms. The second-order valence-corrected chi connectivity index (χ2v) is 6.01. The minimum atomic E-state index is -0.916. The van der Waals surface area contributed by atoms with Gasteiger partial charge >= 0.3 is 5.97 Å². The number of nitrogens with zero attached hydrogens (tertiary/aromatic N) is 1. The number of rotatable bonds is 5. The van der Waals surface area contributed by atoms with Gasteiger partial charge in [0.15, 0.2) is 0 Å². The molecule has 0 unspecified atom stereocenters. The van der Waals surface area contributed by atoms with Crippen molar-refractivity contribution in [3.8, 4) is 5.75 Å². The fourth-order valence-corrected chi connectivity index (χ4v) is 2.49. The highest BCUT2D eigenvalue weighted by atomic mass is 32.1. The molecule has 5 nitrogen and oxygen atoms in total. The van der Waals surface area contributed by atoms with Gasteiger partial charge in [-0.2, -0.15) is 0 Å². The van der Waals surface area contributed by atoms with Gasteiger partial charge in [0.05, 0.1) is 13.5 Å². The average Bonchev–Trinajstić information content (AvgIpc) is 2.74. The van der Waals surface area contributed by atoms with Gasteiger partial charge in [-0.3, -0.25) is 9.59 Å². The van der Waals surface area contributed by atoms with E-state index in [-0.39, 0.29) is 18.9 Å². The number of carboxylic acid groups (broad SMARTS) is 1. The van der Waals surface area contributed by atoms with E-state index in [1.807, 2.05) is 20.8 Å². The van der Waals surface area contributed by atoms with Crippen molar-refractivity contribution in [2.24, 2.45) is 0 Å². The summed E-state index contributed by atoms with van der Waals surface area (Å²) in [6, 6.07) is 1.73. The number of hydrogen-bond donors (Lipinski definition) is 1. The second kappa shape index (κ2) is 6.06. The molecular formula is C13H19NO4S. The molecule has 1 heterocycles. The number of ether oxygens (including phenoxy) is 1. The van der Waals surface area contributed by atoms with Crippen molar-refractivity contribution in [2.75, 3.05) is 13.7 Å². The van der Waals surface area contributed by atoms with Crippen molar-refractivity contribution in [3.05, 3.63) is 16.3 Å². The fraction of sp³-hybridized carbons (Fsp3) is 0.538. The van der Waals surface area contributed by atoms with Gasteiger partial charge in [-0.1, -0.05) is 0 Å². The topological polar surface area (TPSA) is 66.8 Å². The number of carbonyl (C=O) groups excluding carboxylic acids is 1. The minimum Gasteiger partial charge on any atom is -0.495 e. The predicted molar refractivity (Wildman–Crippen MR) is 73.9 cm³/mol. The summed E-state index contributed by atoms with van der Waals surface area (Å²) in [4.78, 5) is 25.3. The molecule has 0 saturated heterocycles. The monoisotopic (exact) mass is 285 g/mol. The Labute approximate surface area is 116 Å². The maximum absolute atomic E-state index is 12.5. The number of hydrogen-bond acceptors (Lipinski definition) is 4. The van der Waals surface area contributed by atoms with Crippen LogP contribution in [-0.4, -0.2) is 41.1 Å². The Bertz CT molecular complexity index is 461. The maximum atomic E-state index is 12.5. The van der Waals surface area contributed by atoms with Crippen molar-refractivity contribution >= 4 is 23.2 Å². The van der Waals surface area contributed by atoms with Crippen LogP contribution in [0.4, 0.5) is 0 Å². The highest BCUT2D eigenvalue weighted by Gasteiger charge is 2.30. The van der Waals surface area contributed by atoms with Gasteiger partial charge in [0.2, 0.25) is 0 Å². The van der Waals surface area contributed by atoms with E-state index in [9.17, 15) is 9.59 Å². The van der Waals surface area contributed by atoms with E-state index < -0.39 is 11.5 Å². The smallest absolute Gasteiger partial charge is 0.305 e. The second-order valence-electron chi connectivity index (χ2n) is 5.09. The van der Waals surface area contributed by atoms with E-state index >= 15 is 0 Å². The predicted octanol–water partition coefficient (Wildman–Crippen LogP) is 2.47. The SMILES string of the molecule is COc1ccsc1C(=O)N(CCC(=O)O)C(C)(C)C. The van der Waals surface area contributed by atoms with Gasteiger partial charge in [0.25, 0.3) is 5.91 Å². The average molecular weight is 285 g/mol. The lowest BCUT2D eigenvalue weighted by Gasteiger charge is -2.35. The van der Waals surface area contributed by atoms with Crippen LogP contribution in [0.3, 0.4) is 0 Å². The van der Waals surface area contributed by atoms with Crippen molar-refractivity contribution in [2.45, 2.75) is 32.7 Å². The first kappa shape index (κ1) is 15.5. The van der Waals surface area contributed by atoms with Crippen molar-refractivity contribution in [1.29, 1.82) is 0 Å². The van der Waals surface area contributed by atoms with E-state index in [1.54, 1.807) is 16.3 Å². The molecule has 106 valence electrons. The Hall–Kier alpha value is -1.56. The molecule has 1 aromatic rings. The largest absolute Gasteiger partial charge is 0.495 e. The van der Waals surface area contributed by atoms with Crippen LogP contribution in [-0.2, 0) is 4.79 Å². The summed E-state index contributed by atoms with van der Waals surface area (Å²) < 4.78 is 5.14. The first-order chi connectivity index (χ1) is 8.77. The lowest BCUT2D eigenvalue weighted by Crippen LogP contribution is -2.46.